The minimum absolute atomic E-state index is 0.0229. The fourth-order valence-corrected chi connectivity index (χ4v) is 3.04. The molecule has 1 heterocycles. The standard InChI is InChI=1S/C13H16BrN3S/c1-2-5-12-13(18-17-16-12)11(15)8-9-6-3-4-7-10(9)14/h3-4,6-7,11H,2,5,8,15H2,1H3. The monoisotopic (exact) mass is 325 g/mol. The van der Waals surface area contributed by atoms with Crippen LogP contribution in [0.25, 0.3) is 0 Å². The van der Waals surface area contributed by atoms with Gasteiger partial charge in [0.05, 0.1) is 10.6 Å². The van der Waals surface area contributed by atoms with E-state index in [2.05, 4.69) is 38.5 Å². The quantitative estimate of drug-likeness (QED) is 0.915. The Labute approximate surface area is 120 Å². The minimum Gasteiger partial charge on any atom is -0.323 e. The van der Waals surface area contributed by atoms with E-state index in [1.54, 1.807) is 0 Å². The van der Waals surface area contributed by atoms with Crippen molar-refractivity contribution in [1.29, 1.82) is 0 Å². The summed E-state index contributed by atoms with van der Waals surface area (Å²) in [6, 6.07) is 8.16. The summed E-state index contributed by atoms with van der Waals surface area (Å²) in [5.74, 6) is 0. The Morgan fingerprint density at radius 3 is 2.89 bits per heavy atom. The van der Waals surface area contributed by atoms with Crippen LogP contribution < -0.4 is 5.73 Å². The van der Waals surface area contributed by atoms with E-state index in [1.807, 2.05) is 18.2 Å². The number of nitrogens with zero attached hydrogens (tertiary/aromatic N) is 2. The van der Waals surface area contributed by atoms with E-state index in [-0.39, 0.29) is 6.04 Å². The van der Waals surface area contributed by atoms with Crippen LogP contribution in [-0.4, -0.2) is 9.59 Å². The number of nitrogens with two attached hydrogens (primary N) is 1. The lowest BCUT2D eigenvalue weighted by Crippen LogP contribution is -2.14. The SMILES string of the molecule is CCCc1nnsc1C(N)Cc1ccccc1Br. The summed E-state index contributed by atoms with van der Waals surface area (Å²) in [4.78, 5) is 1.12. The topological polar surface area (TPSA) is 51.8 Å². The van der Waals surface area contributed by atoms with E-state index in [0.29, 0.717) is 0 Å². The Kier molecular flexibility index (Phi) is 4.86. The number of aryl methyl sites for hydroxylation is 1. The van der Waals surface area contributed by atoms with Gasteiger partial charge in [0, 0.05) is 10.5 Å². The van der Waals surface area contributed by atoms with Gasteiger partial charge in [-0.15, -0.1) is 5.10 Å². The van der Waals surface area contributed by atoms with E-state index < -0.39 is 0 Å². The normalized spacial score (nSPS) is 12.6. The first-order chi connectivity index (χ1) is 8.72. The van der Waals surface area contributed by atoms with Gasteiger partial charge in [-0.2, -0.15) is 0 Å². The minimum atomic E-state index is -0.0229. The molecule has 2 rings (SSSR count). The average Bonchev–Trinajstić information content (AvgIpc) is 2.81. The van der Waals surface area contributed by atoms with Crippen molar-refractivity contribution in [2.75, 3.05) is 0 Å². The van der Waals surface area contributed by atoms with Crippen molar-refractivity contribution in [2.24, 2.45) is 5.73 Å². The van der Waals surface area contributed by atoms with Gasteiger partial charge in [-0.3, -0.25) is 0 Å². The average molecular weight is 326 g/mol. The second-order valence-electron chi connectivity index (χ2n) is 4.24. The molecule has 2 aromatic rings. The van der Waals surface area contributed by atoms with Crippen LogP contribution in [-0.2, 0) is 12.8 Å². The Hall–Kier alpha value is -0.780. The Morgan fingerprint density at radius 2 is 2.17 bits per heavy atom. The van der Waals surface area contributed by atoms with Crippen LogP contribution in [0.5, 0.6) is 0 Å². The molecule has 0 bridgehead atoms. The molecule has 0 saturated heterocycles. The largest absolute Gasteiger partial charge is 0.323 e. The predicted octanol–water partition coefficient (Wildman–Crippen LogP) is 3.50. The number of hydrogen-bond donors (Lipinski definition) is 1. The molecule has 0 aliphatic heterocycles. The third kappa shape index (κ3) is 3.16. The van der Waals surface area contributed by atoms with Crippen LogP contribution in [0.1, 0.15) is 35.5 Å². The van der Waals surface area contributed by atoms with Gasteiger partial charge < -0.3 is 5.73 Å². The van der Waals surface area contributed by atoms with Crippen molar-refractivity contribution < 1.29 is 0 Å². The Bertz CT molecular complexity index is 512. The zero-order chi connectivity index (χ0) is 13.0. The fourth-order valence-electron chi connectivity index (χ4n) is 1.90. The molecule has 3 nitrogen and oxygen atoms in total. The van der Waals surface area contributed by atoms with Gasteiger partial charge in [0.15, 0.2) is 0 Å². The molecule has 18 heavy (non-hydrogen) atoms. The molecule has 1 atom stereocenters. The van der Waals surface area contributed by atoms with Gasteiger partial charge in [-0.25, -0.2) is 0 Å². The maximum Gasteiger partial charge on any atom is 0.0803 e. The van der Waals surface area contributed by atoms with Crippen molar-refractivity contribution in [2.45, 2.75) is 32.2 Å². The van der Waals surface area contributed by atoms with Crippen LogP contribution in [0.15, 0.2) is 28.7 Å². The molecule has 0 amide bonds. The third-order valence-corrected chi connectivity index (χ3v) is 4.48. The zero-order valence-electron chi connectivity index (χ0n) is 10.3. The fraction of sp³-hybridized carbons (Fsp3) is 0.385. The summed E-state index contributed by atoms with van der Waals surface area (Å²) in [6.07, 6.45) is 2.83. The van der Waals surface area contributed by atoms with Gasteiger partial charge in [0.25, 0.3) is 0 Å². The Morgan fingerprint density at radius 1 is 1.39 bits per heavy atom. The van der Waals surface area contributed by atoms with E-state index in [0.717, 1.165) is 34.3 Å². The molecule has 1 aromatic carbocycles. The zero-order valence-corrected chi connectivity index (χ0v) is 12.7. The number of aromatic nitrogens is 2. The second kappa shape index (κ2) is 6.41. The number of hydrogen-bond acceptors (Lipinski definition) is 4. The summed E-state index contributed by atoms with van der Waals surface area (Å²) in [7, 11) is 0. The Balaban J connectivity index is 2.14. The molecule has 0 aliphatic carbocycles. The first-order valence-corrected chi connectivity index (χ1v) is 7.59. The highest BCUT2D eigenvalue weighted by Gasteiger charge is 2.16. The lowest BCUT2D eigenvalue weighted by atomic mass is 10.0. The highest BCUT2D eigenvalue weighted by Crippen LogP contribution is 2.26. The van der Waals surface area contributed by atoms with E-state index >= 15 is 0 Å². The summed E-state index contributed by atoms with van der Waals surface area (Å²) in [5.41, 5.74) is 8.56. The van der Waals surface area contributed by atoms with Crippen molar-refractivity contribution in [3.05, 3.63) is 44.9 Å². The summed E-state index contributed by atoms with van der Waals surface area (Å²) >= 11 is 4.98. The molecule has 0 spiro atoms. The first kappa shape index (κ1) is 13.6. The second-order valence-corrected chi connectivity index (χ2v) is 5.88. The molecular weight excluding hydrogens is 310 g/mol. The highest BCUT2D eigenvalue weighted by molar-refractivity contribution is 9.10. The third-order valence-electron chi connectivity index (χ3n) is 2.81. The maximum absolute atomic E-state index is 6.28. The van der Waals surface area contributed by atoms with Crippen molar-refractivity contribution >= 4 is 27.5 Å². The molecule has 1 unspecified atom stereocenters. The molecule has 0 saturated carbocycles. The van der Waals surface area contributed by atoms with E-state index in [4.69, 9.17) is 5.73 Å². The molecule has 1 aromatic heterocycles. The smallest absolute Gasteiger partial charge is 0.0803 e. The molecule has 5 heteroatoms. The molecule has 0 fully saturated rings. The number of halogens is 1. The lowest BCUT2D eigenvalue weighted by Gasteiger charge is -2.11. The van der Waals surface area contributed by atoms with Gasteiger partial charge in [-0.1, -0.05) is 52.0 Å². The van der Waals surface area contributed by atoms with Gasteiger partial charge in [-0.05, 0) is 36.0 Å². The van der Waals surface area contributed by atoms with E-state index in [9.17, 15) is 0 Å². The van der Waals surface area contributed by atoms with E-state index in [1.165, 1.54) is 17.1 Å². The lowest BCUT2D eigenvalue weighted by molar-refractivity contribution is 0.713. The summed E-state index contributed by atoms with van der Waals surface area (Å²) in [6.45, 7) is 2.14. The molecular formula is C13H16BrN3S. The molecule has 0 aliphatic rings. The number of rotatable bonds is 5. The summed E-state index contributed by atoms with van der Waals surface area (Å²) < 4.78 is 5.13. The van der Waals surface area contributed by atoms with Crippen molar-refractivity contribution in [1.82, 2.24) is 9.59 Å². The van der Waals surface area contributed by atoms with Crippen LogP contribution in [0.4, 0.5) is 0 Å². The molecule has 2 N–H and O–H groups in total. The van der Waals surface area contributed by atoms with Crippen LogP contribution >= 0.6 is 27.5 Å². The first-order valence-electron chi connectivity index (χ1n) is 6.02. The van der Waals surface area contributed by atoms with Crippen LogP contribution in [0.3, 0.4) is 0 Å². The number of benzene rings is 1. The highest BCUT2D eigenvalue weighted by atomic mass is 79.9. The van der Waals surface area contributed by atoms with Crippen LogP contribution in [0, 0.1) is 0 Å². The van der Waals surface area contributed by atoms with Gasteiger partial charge >= 0.3 is 0 Å². The summed E-state index contributed by atoms with van der Waals surface area (Å²) in [5, 5.41) is 4.17. The predicted molar refractivity (Wildman–Crippen MR) is 78.7 cm³/mol. The molecule has 0 radical (unpaired) electrons. The maximum atomic E-state index is 6.28. The van der Waals surface area contributed by atoms with Crippen molar-refractivity contribution in [3.8, 4) is 0 Å². The van der Waals surface area contributed by atoms with Gasteiger partial charge in [0.2, 0.25) is 0 Å². The van der Waals surface area contributed by atoms with Crippen LogP contribution in [0.2, 0.25) is 0 Å². The molecule has 96 valence electrons. The van der Waals surface area contributed by atoms with Gasteiger partial charge in [0.1, 0.15) is 0 Å². The van der Waals surface area contributed by atoms with Crippen molar-refractivity contribution in [3.63, 3.8) is 0 Å².